The van der Waals surface area contributed by atoms with E-state index < -0.39 is 0 Å². The van der Waals surface area contributed by atoms with E-state index in [0.717, 1.165) is 26.1 Å². The van der Waals surface area contributed by atoms with E-state index in [0.29, 0.717) is 0 Å². The summed E-state index contributed by atoms with van der Waals surface area (Å²) in [5.74, 6) is 0. The van der Waals surface area contributed by atoms with E-state index in [1.807, 2.05) is 0 Å². The van der Waals surface area contributed by atoms with Crippen LogP contribution in [-0.4, -0.2) is 25.2 Å². The van der Waals surface area contributed by atoms with Gasteiger partial charge < -0.3 is 10.2 Å². The molecule has 1 aliphatic rings. The maximum absolute atomic E-state index is 3.51. The molecule has 0 saturated carbocycles. The second-order valence-corrected chi connectivity index (χ2v) is 5.84. The van der Waals surface area contributed by atoms with Crippen molar-refractivity contribution in [3.8, 4) is 0 Å². The van der Waals surface area contributed by atoms with Crippen LogP contribution in [0.2, 0.25) is 0 Å². The van der Waals surface area contributed by atoms with Gasteiger partial charge in [-0.15, -0.1) is 0 Å². The lowest BCUT2D eigenvalue weighted by Gasteiger charge is -2.42. The van der Waals surface area contributed by atoms with E-state index >= 15 is 0 Å². The SMILES string of the molecule is CCc1ccc(N2CCCNCCC2(C)C)cc1. The third kappa shape index (κ3) is 3.05. The van der Waals surface area contributed by atoms with Crippen LogP contribution in [0.5, 0.6) is 0 Å². The van der Waals surface area contributed by atoms with Crippen LogP contribution in [0.1, 0.15) is 39.2 Å². The smallest absolute Gasteiger partial charge is 0.0370 e. The molecule has 1 saturated heterocycles. The summed E-state index contributed by atoms with van der Waals surface area (Å²) in [6.45, 7) is 10.3. The lowest BCUT2D eigenvalue weighted by Crippen LogP contribution is -2.48. The van der Waals surface area contributed by atoms with Crippen molar-refractivity contribution in [2.45, 2.75) is 45.6 Å². The fourth-order valence-electron chi connectivity index (χ4n) is 2.71. The summed E-state index contributed by atoms with van der Waals surface area (Å²) in [5.41, 5.74) is 3.03. The van der Waals surface area contributed by atoms with Gasteiger partial charge in [0.15, 0.2) is 0 Å². The average molecular weight is 246 g/mol. The van der Waals surface area contributed by atoms with Gasteiger partial charge in [0.2, 0.25) is 0 Å². The summed E-state index contributed by atoms with van der Waals surface area (Å²) in [4.78, 5) is 2.58. The van der Waals surface area contributed by atoms with Crippen molar-refractivity contribution in [3.05, 3.63) is 29.8 Å². The highest BCUT2D eigenvalue weighted by atomic mass is 15.2. The Bertz CT molecular complexity index is 367. The van der Waals surface area contributed by atoms with Gasteiger partial charge in [-0.05, 0) is 63.9 Å². The molecular formula is C16H26N2. The van der Waals surface area contributed by atoms with Crippen molar-refractivity contribution in [3.63, 3.8) is 0 Å². The molecule has 0 amide bonds. The first kappa shape index (κ1) is 13.4. The van der Waals surface area contributed by atoms with E-state index in [1.165, 1.54) is 24.1 Å². The monoisotopic (exact) mass is 246 g/mol. The molecule has 1 N–H and O–H groups in total. The van der Waals surface area contributed by atoms with Gasteiger partial charge in [0.25, 0.3) is 0 Å². The summed E-state index contributed by atoms with van der Waals surface area (Å²) in [6, 6.07) is 9.11. The molecule has 0 aromatic heterocycles. The van der Waals surface area contributed by atoms with Crippen LogP contribution in [0.15, 0.2) is 24.3 Å². The van der Waals surface area contributed by atoms with Crippen molar-refractivity contribution in [2.24, 2.45) is 0 Å². The highest BCUT2D eigenvalue weighted by Gasteiger charge is 2.27. The van der Waals surface area contributed by atoms with Gasteiger partial charge in [-0.2, -0.15) is 0 Å². The molecule has 0 atom stereocenters. The normalized spacial score (nSPS) is 20.3. The summed E-state index contributed by atoms with van der Waals surface area (Å²) < 4.78 is 0. The molecule has 0 radical (unpaired) electrons. The molecule has 2 heteroatoms. The average Bonchev–Trinajstić information content (AvgIpc) is 2.35. The van der Waals surface area contributed by atoms with Crippen LogP contribution in [0.4, 0.5) is 5.69 Å². The van der Waals surface area contributed by atoms with Crippen molar-refractivity contribution in [2.75, 3.05) is 24.5 Å². The standard InChI is InChI=1S/C16H26N2/c1-4-14-6-8-15(9-7-14)18-13-5-11-17-12-10-16(18,2)3/h6-9,17H,4-5,10-13H2,1-3H3. The Morgan fingerprint density at radius 3 is 2.56 bits per heavy atom. The largest absolute Gasteiger partial charge is 0.366 e. The topological polar surface area (TPSA) is 15.3 Å². The zero-order valence-corrected chi connectivity index (χ0v) is 12.0. The predicted octanol–water partition coefficient (Wildman–Crippen LogP) is 3.22. The van der Waals surface area contributed by atoms with E-state index in [9.17, 15) is 0 Å². The minimum absolute atomic E-state index is 0.237. The zero-order chi connectivity index (χ0) is 13.0. The Balaban J connectivity index is 2.20. The van der Waals surface area contributed by atoms with Crippen LogP contribution >= 0.6 is 0 Å². The van der Waals surface area contributed by atoms with Gasteiger partial charge in [0, 0.05) is 17.8 Å². The quantitative estimate of drug-likeness (QED) is 0.862. The number of hydrogen-bond acceptors (Lipinski definition) is 2. The molecule has 18 heavy (non-hydrogen) atoms. The number of aryl methyl sites for hydroxylation is 1. The first-order chi connectivity index (χ1) is 8.63. The van der Waals surface area contributed by atoms with Gasteiger partial charge >= 0.3 is 0 Å². The fourth-order valence-corrected chi connectivity index (χ4v) is 2.71. The van der Waals surface area contributed by atoms with Crippen molar-refractivity contribution in [1.29, 1.82) is 0 Å². The summed E-state index contributed by atoms with van der Waals surface area (Å²) in [5, 5.41) is 3.51. The van der Waals surface area contributed by atoms with Gasteiger partial charge in [-0.3, -0.25) is 0 Å². The minimum Gasteiger partial charge on any atom is -0.366 e. The van der Waals surface area contributed by atoms with Crippen molar-refractivity contribution in [1.82, 2.24) is 5.32 Å². The third-order valence-electron chi connectivity index (χ3n) is 4.04. The number of nitrogens with one attached hydrogen (secondary N) is 1. The Morgan fingerprint density at radius 2 is 1.89 bits per heavy atom. The zero-order valence-electron chi connectivity index (χ0n) is 12.0. The van der Waals surface area contributed by atoms with E-state index in [1.54, 1.807) is 0 Å². The molecule has 1 aliphatic heterocycles. The lowest BCUT2D eigenvalue weighted by molar-refractivity contribution is 0.387. The second kappa shape index (κ2) is 5.75. The Kier molecular flexibility index (Phi) is 4.28. The van der Waals surface area contributed by atoms with Crippen molar-refractivity contribution < 1.29 is 0 Å². The number of nitrogens with zero attached hydrogens (tertiary/aromatic N) is 1. The number of rotatable bonds is 2. The third-order valence-corrected chi connectivity index (χ3v) is 4.04. The van der Waals surface area contributed by atoms with E-state index in [4.69, 9.17) is 0 Å². The maximum atomic E-state index is 3.51. The van der Waals surface area contributed by atoms with Gasteiger partial charge in [0.05, 0.1) is 0 Å². The van der Waals surface area contributed by atoms with E-state index in [-0.39, 0.29) is 5.54 Å². The number of anilines is 1. The Labute approximate surface area is 111 Å². The minimum atomic E-state index is 0.237. The lowest BCUT2D eigenvalue weighted by atomic mass is 9.95. The second-order valence-electron chi connectivity index (χ2n) is 5.84. The highest BCUT2D eigenvalue weighted by Crippen LogP contribution is 2.27. The maximum Gasteiger partial charge on any atom is 0.0370 e. The van der Waals surface area contributed by atoms with Gasteiger partial charge in [0.1, 0.15) is 0 Å². The number of benzene rings is 1. The fraction of sp³-hybridized carbons (Fsp3) is 0.625. The first-order valence-electron chi connectivity index (χ1n) is 7.21. The molecule has 0 spiro atoms. The molecule has 0 bridgehead atoms. The summed E-state index contributed by atoms with van der Waals surface area (Å²) in [6.07, 6.45) is 3.54. The molecule has 2 rings (SSSR count). The first-order valence-corrected chi connectivity index (χ1v) is 7.21. The molecule has 1 fully saturated rings. The molecule has 0 unspecified atom stereocenters. The summed E-state index contributed by atoms with van der Waals surface area (Å²) >= 11 is 0. The van der Waals surface area contributed by atoms with E-state index in [2.05, 4.69) is 55.3 Å². The molecular weight excluding hydrogens is 220 g/mol. The van der Waals surface area contributed by atoms with Crippen LogP contribution in [0, 0.1) is 0 Å². The highest BCUT2D eigenvalue weighted by molar-refractivity contribution is 5.50. The van der Waals surface area contributed by atoms with Crippen LogP contribution < -0.4 is 10.2 Å². The molecule has 100 valence electrons. The predicted molar refractivity (Wildman–Crippen MR) is 79.3 cm³/mol. The van der Waals surface area contributed by atoms with Gasteiger partial charge in [-0.1, -0.05) is 19.1 Å². The van der Waals surface area contributed by atoms with Crippen LogP contribution in [0.3, 0.4) is 0 Å². The van der Waals surface area contributed by atoms with Crippen LogP contribution in [-0.2, 0) is 6.42 Å². The number of hydrogen-bond donors (Lipinski definition) is 1. The van der Waals surface area contributed by atoms with Crippen molar-refractivity contribution >= 4 is 5.69 Å². The molecule has 1 heterocycles. The molecule has 0 aliphatic carbocycles. The molecule has 2 nitrogen and oxygen atoms in total. The molecule has 1 aromatic carbocycles. The Hall–Kier alpha value is -1.02. The van der Waals surface area contributed by atoms with Crippen LogP contribution in [0.25, 0.3) is 0 Å². The van der Waals surface area contributed by atoms with Gasteiger partial charge in [-0.25, -0.2) is 0 Å². The Morgan fingerprint density at radius 1 is 1.17 bits per heavy atom. The molecule has 1 aromatic rings. The summed E-state index contributed by atoms with van der Waals surface area (Å²) in [7, 11) is 0.